The van der Waals surface area contributed by atoms with E-state index in [1.807, 2.05) is 12.1 Å². The van der Waals surface area contributed by atoms with E-state index in [1.54, 1.807) is 12.1 Å². The predicted molar refractivity (Wildman–Crippen MR) is 116 cm³/mol. The summed E-state index contributed by atoms with van der Waals surface area (Å²) in [6.45, 7) is 0.284. The van der Waals surface area contributed by atoms with Crippen molar-refractivity contribution in [1.82, 2.24) is 0 Å². The first-order valence-electron chi connectivity index (χ1n) is 9.29. The van der Waals surface area contributed by atoms with E-state index in [4.69, 9.17) is 22.1 Å². The molecule has 9 heteroatoms. The first kappa shape index (κ1) is 20.9. The minimum Gasteiger partial charge on any atom is -0.423 e. The maximum Gasteiger partial charge on any atom is 0.343 e. The topological polar surface area (TPSA) is 107 Å². The minimum atomic E-state index is -4.00. The Morgan fingerprint density at radius 3 is 2.52 bits per heavy atom. The Labute approximate surface area is 184 Å². The molecule has 0 bridgehead atoms. The fourth-order valence-corrected chi connectivity index (χ4v) is 5.39. The number of ether oxygens (including phenoxy) is 1. The number of carbonyl (C=O) groups is 2. The first-order chi connectivity index (χ1) is 14.8. The second kappa shape index (κ2) is 8.05. The monoisotopic (exact) mass is 456 g/mol. The molecule has 0 aromatic heterocycles. The number of sulfonamides is 1. The van der Waals surface area contributed by atoms with Gasteiger partial charge in [0.15, 0.2) is 0 Å². The van der Waals surface area contributed by atoms with Crippen LogP contribution in [-0.2, 0) is 16.4 Å². The van der Waals surface area contributed by atoms with Crippen LogP contribution in [0.4, 0.5) is 5.69 Å². The van der Waals surface area contributed by atoms with Gasteiger partial charge in [-0.15, -0.1) is 0 Å². The average molecular weight is 457 g/mol. The van der Waals surface area contributed by atoms with Crippen LogP contribution in [0.15, 0.2) is 71.6 Å². The lowest BCUT2D eigenvalue weighted by molar-refractivity contribution is 0.0733. The lowest BCUT2D eigenvalue weighted by Gasteiger charge is -2.20. The number of fused-ring (bicyclic) bond motifs is 1. The Balaban J connectivity index is 1.65. The van der Waals surface area contributed by atoms with Crippen LogP contribution in [-0.4, -0.2) is 26.8 Å². The van der Waals surface area contributed by atoms with Crippen LogP contribution in [0.3, 0.4) is 0 Å². The molecule has 7 nitrogen and oxygen atoms in total. The number of carbonyl (C=O) groups excluding carboxylic acids is 2. The summed E-state index contributed by atoms with van der Waals surface area (Å²) in [7, 11) is -4.00. The van der Waals surface area contributed by atoms with E-state index in [1.165, 1.54) is 46.8 Å². The molecule has 1 amide bonds. The highest BCUT2D eigenvalue weighted by Gasteiger charge is 2.32. The summed E-state index contributed by atoms with van der Waals surface area (Å²) in [5.74, 6) is -1.35. The van der Waals surface area contributed by atoms with Crippen LogP contribution in [0.25, 0.3) is 0 Å². The summed E-state index contributed by atoms with van der Waals surface area (Å²) in [6, 6.07) is 17.0. The maximum absolute atomic E-state index is 13.3. The van der Waals surface area contributed by atoms with Crippen LogP contribution < -0.4 is 14.8 Å². The standard InChI is InChI=1S/C22H17ClN2O5S/c23-18-9-8-16(22(27)30-17-6-3-5-15(12-17)21(24)26)13-20(18)31(28,29)25-11-10-14-4-1-2-7-19(14)25/h1-9,12-13H,10-11H2,(H2,24,26). The van der Waals surface area contributed by atoms with Crippen molar-refractivity contribution in [2.75, 3.05) is 10.8 Å². The molecule has 158 valence electrons. The summed E-state index contributed by atoms with van der Waals surface area (Å²) >= 11 is 6.20. The van der Waals surface area contributed by atoms with Crippen LogP contribution in [0.5, 0.6) is 5.75 Å². The van der Waals surface area contributed by atoms with Crippen molar-refractivity contribution < 1.29 is 22.7 Å². The van der Waals surface area contributed by atoms with Gasteiger partial charge in [-0.05, 0) is 54.4 Å². The molecule has 3 aromatic rings. The number of nitrogens with two attached hydrogens (primary N) is 1. The van der Waals surface area contributed by atoms with Gasteiger partial charge < -0.3 is 10.5 Å². The second-order valence-electron chi connectivity index (χ2n) is 6.88. The lowest BCUT2D eigenvalue weighted by Crippen LogP contribution is -2.29. The quantitative estimate of drug-likeness (QED) is 0.467. The number of hydrogen-bond acceptors (Lipinski definition) is 5. The number of halogens is 1. The zero-order valence-electron chi connectivity index (χ0n) is 16.1. The number of para-hydroxylation sites is 1. The van der Waals surface area contributed by atoms with Gasteiger partial charge in [-0.3, -0.25) is 9.10 Å². The highest BCUT2D eigenvalue weighted by Crippen LogP contribution is 2.35. The minimum absolute atomic E-state index is 0.0000600. The highest BCUT2D eigenvalue weighted by molar-refractivity contribution is 7.93. The third-order valence-electron chi connectivity index (χ3n) is 4.91. The molecule has 0 saturated heterocycles. The van der Waals surface area contributed by atoms with E-state index in [0.717, 1.165) is 5.56 Å². The maximum atomic E-state index is 13.3. The normalized spacial score (nSPS) is 13.0. The first-order valence-corrected chi connectivity index (χ1v) is 11.1. The summed E-state index contributed by atoms with van der Waals surface area (Å²) in [6.07, 6.45) is 0.588. The molecular formula is C22H17ClN2O5S. The van der Waals surface area contributed by atoms with Crippen molar-refractivity contribution in [1.29, 1.82) is 0 Å². The van der Waals surface area contributed by atoms with Gasteiger partial charge in [0.2, 0.25) is 5.91 Å². The smallest absolute Gasteiger partial charge is 0.343 e. The molecule has 0 aliphatic carbocycles. The molecule has 4 rings (SSSR count). The number of anilines is 1. The number of nitrogens with zero attached hydrogens (tertiary/aromatic N) is 1. The average Bonchev–Trinajstić information content (AvgIpc) is 3.19. The third kappa shape index (κ3) is 3.99. The Kier molecular flexibility index (Phi) is 5.43. The largest absolute Gasteiger partial charge is 0.423 e. The number of primary amides is 1. The van der Waals surface area contributed by atoms with Gasteiger partial charge in [0.25, 0.3) is 10.0 Å². The van der Waals surface area contributed by atoms with E-state index in [2.05, 4.69) is 0 Å². The molecule has 0 radical (unpaired) electrons. The fourth-order valence-electron chi connectivity index (χ4n) is 3.38. The summed E-state index contributed by atoms with van der Waals surface area (Å²) in [4.78, 5) is 23.7. The number of hydrogen-bond donors (Lipinski definition) is 1. The van der Waals surface area contributed by atoms with Crippen LogP contribution in [0.2, 0.25) is 5.02 Å². The van der Waals surface area contributed by atoms with E-state index in [0.29, 0.717) is 12.1 Å². The molecule has 2 N–H and O–H groups in total. The predicted octanol–water partition coefficient (Wildman–Crippen LogP) is 3.41. The summed E-state index contributed by atoms with van der Waals surface area (Å²) in [5.41, 5.74) is 6.93. The van der Waals surface area contributed by atoms with E-state index in [9.17, 15) is 18.0 Å². The van der Waals surface area contributed by atoms with Gasteiger partial charge in [0, 0.05) is 12.1 Å². The molecule has 1 aliphatic heterocycles. The van der Waals surface area contributed by atoms with Gasteiger partial charge in [-0.25, -0.2) is 13.2 Å². The van der Waals surface area contributed by atoms with Crippen LogP contribution in [0.1, 0.15) is 26.3 Å². The SMILES string of the molecule is NC(=O)c1cccc(OC(=O)c2ccc(Cl)c(S(=O)(=O)N3CCc4ccccc43)c2)c1. The number of rotatable bonds is 5. The Hall–Kier alpha value is -3.36. The molecule has 0 fully saturated rings. The van der Waals surface area contributed by atoms with Gasteiger partial charge in [-0.1, -0.05) is 35.9 Å². The zero-order chi connectivity index (χ0) is 22.2. The molecule has 0 spiro atoms. The molecule has 0 unspecified atom stereocenters. The molecule has 0 atom stereocenters. The molecule has 1 aliphatic rings. The Morgan fingerprint density at radius 1 is 0.968 bits per heavy atom. The van der Waals surface area contributed by atoms with Crippen molar-refractivity contribution >= 4 is 39.2 Å². The molecule has 1 heterocycles. The Bertz CT molecular complexity index is 1310. The summed E-state index contributed by atoms with van der Waals surface area (Å²) in [5, 5.41) is -0.00310. The molecule has 0 saturated carbocycles. The van der Waals surface area contributed by atoms with Gasteiger partial charge >= 0.3 is 5.97 Å². The molecule has 31 heavy (non-hydrogen) atoms. The Morgan fingerprint density at radius 2 is 1.74 bits per heavy atom. The highest BCUT2D eigenvalue weighted by atomic mass is 35.5. The molecule has 3 aromatic carbocycles. The van der Waals surface area contributed by atoms with Crippen molar-refractivity contribution in [2.24, 2.45) is 5.73 Å². The van der Waals surface area contributed by atoms with E-state index < -0.39 is 21.9 Å². The van der Waals surface area contributed by atoms with Crippen molar-refractivity contribution in [3.8, 4) is 5.75 Å². The van der Waals surface area contributed by atoms with Gasteiger partial charge in [-0.2, -0.15) is 0 Å². The fraction of sp³-hybridized carbons (Fsp3) is 0.0909. The van der Waals surface area contributed by atoms with E-state index in [-0.39, 0.29) is 33.3 Å². The zero-order valence-corrected chi connectivity index (χ0v) is 17.7. The number of esters is 1. The van der Waals surface area contributed by atoms with Crippen molar-refractivity contribution in [2.45, 2.75) is 11.3 Å². The molecular weight excluding hydrogens is 440 g/mol. The van der Waals surface area contributed by atoms with Gasteiger partial charge in [0.05, 0.1) is 16.3 Å². The number of amides is 1. The lowest BCUT2D eigenvalue weighted by atomic mass is 10.2. The van der Waals surface area contributed by atoms with Crippen molar-refractivity contribution in [3.05, 3.63) is 88.4 Å². The van der Waals surface area contributed by atoms with E-state index >= 15 is 0 Å². The second-order valence-corrected chi connectivity index (χ2v) is 9.12. The number of benzene rings is 3. The van der Waals surface area contributed by atoms with Gasteiger partial charge in [0.1, 0.15) is 10.6 Å². The summed E-state index contributed by atoms with van der Waals surface area (Å²) < 4.78 is 33.2. The van der Waals surface area contributed by atoms with Crippen LogP contribution >= 0.6 is 11.6 Å². The van der Waals surface area contributed by atoms with Crippen molar-refractivity contribution in [3.63, 3.8) is 0 Å². The third-order valence-corrected chi connectivity index (χ3v) is 7.20. The van der Waals surface area contributed by atoms with Crippen LogP contribution in [0, 0.1) is 0 Å².